The van der Waals surface area contributed by atoms with Gasteiger partial charge in [0.05, 0.1) is 10.2 Å². The molecule has 0 unspecified atom stereocenters. The van der Waals surface area contributed by atoms with Gasteiger partial charge in [-0.05, 0) is 11.4 Å². The number of nitrogens with two attached hydrogens (primary N) is 1. The van der Waals surface area contributed by atoms with Gasteiger partial charge in [0.25, 0.3) is 0 Å². The third-order valence-electron chi connectivity index (χ3n) is 2.78. The second-order valence-electron chi connectivity index (χ2n) is 3.88. The molecular formula is C10H12N4OS2. The van der Waals surface area contributed by atoms with Gasteiger partial charge >= 0.3 is 0 Å². The molecule has 7 heteroatoms. The van der Waals surface area contributed by atoms with Crippen LogP contribution >= 0.6 is 11.3 Å². The van der Waals surface area contributed by atoms with Gasteiger partial charge in [-0.1, -0.05) is 0 Å². The molecule has 0 spiro atoms. The molecule has 2 aromatic rings. The van der Waals surface area contributed by atoms with Crippen LogP contribution in [-0.4, -0.2) is 38.8 Å². The van der Waals surface area contributed by atoms with Crippen LogP contribution in [0.4, 0.5) is 11.8 Å². The van der Waals surface area contributed by atoms with Crippen LogP contribution in [0.1, 0.15) is 0 Å². The molecule has 17 heavy (non-hydrogen) atoms. The lowest BCUT2D eigenvalue weighted by molar-refractivity contribution is 0.673. The second-order valence-corrected chi connectivity index (χ2v) is 6.49. The number of anilines is 2. The Morgan fingerprint density at radius 2 is 2.12 bits per heavy atom. The monoisotopic (exact) mass is 268 g/mol. The van der Waals surface area contributed by atoms with Gasteiger partial charge in [-0.25, -0.2) is 4.98 Å². The molecular weight excluding hydrogens is 256 g/mol. The molecule has 2 aromatic heterocycles. The number of rotatable bonds is 1. The van der Waals surface area contributed by atoms with Crippen LogP contribution in [0, 0.1) is 0 Å². The van der Waals surface area contributed by atoms with Crippen LogP contribution in [0.2, 0.25) is 0 Å². The van der Waals surface area contributed by atoms with Gasteiger partial charge in [0.15, 0.2) is 5.82 Å². The van der Waals surface area contributed by atoms with Gasteiger partial charge in [0, 0.05) is 35.4 Å². The van der Waals surface area contributed by atoms with E-state index in [9.17, 15) is 4.21 Å². The van der Waals surface area contributed by atoms with Gasteiger partial charge in [-0.3, -0.25) is 4.21 Å². The third kappa shape index (κ3) is 2.00. The largest absolute Gasteiger partial charge is 0.368 e. The highest BCUT2D eigenvalue weighted by Crippen LogP contribution is 2.29. The lowest BCUT2D eigenvalue weighted by Gasteiger charge is -2.27. The van der Waals surface area contributed by atoms with Gasteiger partial charge in [-0.15, -0.1) is 11.3 Å². The zero-order valence-electron chi connectivity index (χ0n) is 9.13. The average Bonchev–Trinajstić information content (AvgIpc) is 2.77. The smallest absolute Gasteiger partial charge is 0.222 e. The average molecular weight is 268 g/mol. The maximum Gasteiger partial charge on any atom is 0.222 e. The SMILES string of the molecule is Nc1nc(N2CCS(=O)CC2)c2sccc2n1. The fourth-order valence-electron chi connectivity index (χ4n) is 1.93. The number of aromatic nitrogens is 2. The molecule has 0 aromatic carbocycles. The summed E-state index contributed by atoms with van der Waals surface area (Å²) in [5, 5.41) is 1.99. The minimum Gasteiger partial charge on any atom is -0.368 e. The summed E-state index contributed by atoms with van der Waals surface area (Å²) in [6, 6.07) is 1.95. The zero-order chi connectivity index (χ0) is 11.8. The summed E-state index contributed by atoms with van der Waals surface area (Å²) in [6.45, 7) is 1.55. The van der Waals surface area contributed by atoms with Crippen molar-refractivity contribution in [1.82, 2.24) is 9.97 Å². The lowest BCUT2D eigenvalue weighted by Crippen LogP contribution is -2.38. The summed E-state index contributed by atoms with van der Waals surface area (Å²) in [4.78, 5) is 10.7. The first-order valence-electron chi connectivity index (χ1n) is 5.35. The van der Waals surface area contributed by atoms with E-state index in [1.807, 2.05) is 11.4 Å². The van der Waals surface area contributed by atoms with Crippen molar-refractivity contribution in [3.05, 3.63) is 11.4 Å². The van der Waals surface area contributed by atoms with E-state index in [4.69, 9.17) is 5.73 Å². The van der Waals surface area contributed by atoms with E-state index in [2.05, 4.69) is 14.9 Å². The molecule has 3 rings (SSSR count). The highest BCUT2D eigenvalue weighted by molar-refractivity contribution is 7.85. The zero-order valence-corrected chi connectivity index (χ0v) is 10.8. The summed E-state index contributed by atoms with van der Waals surface area (Å²) in [7, 11) is -0.677. The first-order valence-corrected chi connectivity index (χ1v) is 7.71. The quantitative estimate of drug-likeness (QED) is 0.830. The van der Waals surface area contributed by atoms with E-state index in [0.29, 0.717) is 17.5 Å². The molecule has 0 saturated carbocycles. The Hall–Kier alpha value is -1.21. The predicted molar refractivity (Wildman–Crippen MR) is 71.9 cm³/mol. The molecule has 0 bridgehead atoms. The summed E-state index contributed by atoms with van der Waals surface area (Å²) < 4.78 is 12.4. The Morgan fingerprint density at radius 1 is 1.35 bits per heavy atom. The molecule has 0 radical (unpaired) electrons. The number of hydrogen-bond acceptors (Lipinski definition) is 6. The molecule has 90 valence electrons. The van der Waals surface area contributed by atoms with Gasteiger partial charge in [0.1, 0.15) is 0 Å². The lowest BCUT2D eigenvalue weighted by atomic mass is 10.4. The molecule has 0 aliphatic carbocycles. The Bertz CT molecular complexity index is 573. The topological polar surface area (TPSA) is 72.1 Å². The van der Waals surface area contributed by atoms with Crippen molar-refractivity contribution in [2.24, 2.45) is 0 Å². The summed E-state index contributed by atoms with van der Waals surface area (Å²) in [5.41, 5.74) is 6.61. The molecule has 2 N–H and O–H groups in total. The fourth-order valence-corrected chi connectivity index (χ4v) is 3.83. The Labute approximate surface area is 105 Å². The van der Waals surface area contributed by atoms with Crippen molar-refractivity contribution in [1.29, 1.82) is 0 Å². The fraction of sp³-hybridized carbons (Fsp3) is 0.400. The molecule has 1 aliphatic heterocycles. The predicted octanol–water partition coefficient (Wildman–Crippen LogP) is 0.842. The normalized spacial score (nSPS) is 17.8. The standard InChI is InChI=1S/C10H12N4OS2/c11-10-12-7-1-4-16-8(7)9(13-10)14-2-5-17(15)6-3-14/h1,4H,2-3,5-6H2,(H2,11,12,13). The minimum atomic E-state index is -0.677. The number of fused-ring (bicyclic) bond motifs is 1. The number of nitrogen functional groups attached to an aromatic ring is 1. The second kappa shape index (κ2) is 4.23. The van der Waals surface area contributed by atoms with Crippen molar-refractivity contribution in [2.75, 3.05) is 35.2 Å². The maximum atomic E-state index is 11.4. The van der Waals surface area contributed by atoms with Crippen LogP contribution in [0.25, 0.3) is 10.2 Å². The van der Waals surface area contributed by atoms with E-state index >= 15 is 0 Å². The highest BCUT2D eigenvalue weighted by atomic mass is 32.2. The Kier molecular flexibility index (Phi) is 2.71. The van der Waals surface area contributed by atoms with E-state index in [-0.39, 0.29) is 0 Å². The van der Waals surface area contributed by atoms with Crippen LogP contribution in [0.5, 0.6) is 0 Å². The van der Waals surface area contributed by atoms with Crippen molar-refractivity contribution in [3.63, 3.8) is 0 Å². The maximum absolute atomic E-state index is 11.4. The first kappa shape index (κ1) is 10.9. The molecule has 1 aliphatic rings. The van der Waals surface area contributed by atoms with Gasteiger partial charge in [0.2, 0.25) is 5.95 Å². The molecule has 1 fully saturated rings. The number of hydrogen-bond donors (Lipinski definition) is 1. The highest BCUT2D eigenvalue weighted by Gasteiger charge is 2.20. The summed E-state index contributed by atoms with van der Waals surface area (Å²) >= 11 is 1.62. The summed E-state index contributed by atoms with van der Waals surface area (Å²) in [6.07, 6.45) is 0. The Balaban J connectivity index is 2.04. The van der Waals surface area contributed by atoms with Crippen molar-refractivity contribution >= 4 is 44.1 Å². The van der Waals surface area contributed by atoms with Crippen LogP contribution < -0.4 is 10.6 Å². The summed E-state index contributed by atoms with van der Waals surface area (Å²) in [5.74, 6) is 2.60. The third-order valence-corrected chi connectivity index (χ3v) is 4.96. The first-order chi connectivity index (χ1) is 8.24. The van der Waals surface area contributed by atoms with E-state index in [0.717, 1.165) is 29.1 Å². The van der Waals surface area contributed by atoms with E-state index in [1.165, 1.54) is 0 Å². The molecule has 0 amide bonds. The van der Waals surface area contributed by atoms with Crippen molar-refractivity contribution in [3.8, 4) is 0 Å². The van der Waals surface area contributed by atoms with Crippen LogP contribution in [0.15, 0.2) is 11.4 Å². The van der Waals surface area contributed by atoms with Gasteiger partial charge < -0.3 is 10.6 Å². The molecule has 3 heterocycles. The van der Waals surface area contributed by atoms with Crippen LogP contribution in [0.3, 0.4) is 0 Å². The molecule has 5 nitrogen and oxygen atoms in total. The van der Waals surface area contributed by atoms with Crippen molar-refractivity contribution in [2.45, 2.75) is 0 Å². The van der Waals surface area contributed by atoms with Crippen LogP contribution in [-0.2, 0) is 10.8 Å². The Morgan fingerprint density at radius 3 is 2.88 bits per heavy atom. The molecule has 0 atom stereocenters. The van der Waals surface area contributed by atoms with E-state index < -0.39 is 10.8 Å². The minimum absolute atomic E-state index is 0.303. The van der Waals surface area contributed by atoms with Crippen molar-refractivity contribution < 1.29 is 4.21 Å². The van der Waals surface area contributed by atoms with E-state index in [1.54, 1.807) is 11.3 Å². The van der Waals surface area contributed by atoms with Gasteiger partial charge in [-0.2, -0.15) is 4.98 Å². The number of nitrogens with zero attached hydrogens (tertiary/aromatic N) is 3. The molecule has 1 saturated heterocycles. The number of thiophene rings is 1.